The second-order valence-corrected chi connectivity index (χ2v) is 6.46. The maximum atomic E-state index is 11.7. The van der Waals surface area contributed by atoms with Crippen molar-refractivity contribution in [1.29, 1.82) is 5.26 Å². The van der Waals surface area contributed by atoms with Crippen LogP contribution in [0.3, 0.4) is 0 Å². The first-order chi connectivity index (χ1) is 13.8. The summed E-state index contributed by atoms with van der Waals surface area (Å²) in [4.78, 5) is 25.2. The van der Waals surface area contributed by atoms with Crippen LogP contribution in [0.5, 0.6) is 0 Å². The molecule has 1 atom stereocenters. The molecule has 9 nitrogen and oxygen atoms in total. The Kier molecular flexibility index (Phi) is 10.4. The third-order valence-electron chi connectivity index (χ3n) is 4.18. The summed E-state index contributed by atoms with van der Waals surface area (Å²) in [6.07, 6.45) is 11.4. The molecule has 0 aliphatic carbocycles. The Hall–Kier alpha value is -2.70. The lowest BCUT2D eigenvalue weighted by Gasteiger charge is -2.10. The number of hydrogen-bond donors (Lipinski definition) is 3. The molecule has 1 unspecified atom stereocenters. The highest BCUT2D eigenvalue weighted by Gasteiger charge is 2.15. The van der Waals surface area contributed by atoms with E-state index >= 15 is 0 Å². The van der Waals surface area contributed by atoms with E-state index in [1.165, 1.54) is 0 Å². The Morgan fingerprint density at radius 2 is 2.14 bits per heavy atom. The first-order valence-corrected chi connectivity index (χ1v) is 9.67. The van der Waals surface area contributed by atoms with E-state index in [2.05, 4.69) is 26.1 Å². The normalized spacial score (nSPS) is 16.4. The Morgan fingerprint density at radius 1 is 1.32 bits per heavy atom. The summed E-state index contributed by atoms with van der Waals surface area (Å²) >= 11 is 0. The topological polar surface area (TPSA) is 121 Å². The van der Waals surface area contributed by atoms with Crippen LogP contribution in [-0.2, 0) is 14.4 Å². The molecule has 0 spiro atoms. The van der Waals surface area contributed by atoms with Gasteiger partial charge < -0.3 is 10.1 Å². The maximum absolute atomic E-state index is 11.7. The van der Waals surface area contributed by atoms with E-state index in [-0.39, 0.29) is 12.0 Å². The van der Waals surface area contributed by atoms with E-state index in [9.17, 15) is 4.79 Å². The molecule has 2 rings (SSSR count). The molecule has 28 heavy (non-hydrogen) atoms. The zero-order chi connectivity index (χ0) is 19.9. The molecule has 0 bridgehead atoms. The molecule has 1 saturated heterocycles. The van der Waals surface area contributed by atoms with Crippen LogP contribution in [0.25, 0.3) is 0 Å². The highest BCUT2D eigenvalue weighted by Crippen LogP contribution is 2.11. The molecule has 3 N–H and O–H groups in total. The molecule has 1 aliphatic rings. The zero-order valence-electron chi connectivity index (χ0n) is 16.0. The summed E-state index contributed by atoms with van der Waals surface area (Å²) in [5.74, 6) is 0.314. The predicted molar refractivity (Wildman–Crippen MR) is 105 cm³/mol. The van der Waals surface area contributed by atoms with Gasteiger partial charge in [0.05, 0.1) is 6.10 Å². The van der Waals surface area contributed by atoms with Crippen molar-refractivity contribution in [3.63, 3.8) is 0 Å². The van der Waals surface area contributed by atoms with E-state index < -0.39 is 0 Å². The van der Waals surface area contributed by atoms with Crippen LogP contribution in [-0.4, -0.2) is 42.7 Å². The van der Waals surface area contributed by atoms with Crippen molar-refractivity contribution in [2.45, 2.75) is 51.0 Å². The molecule has 0 aromatic carbocycles. The number of hydroxylamine groups is 1. The first-order valence-electron chi connectivity index (χ1n) is 9.67. The first kappa shape index (κ1) is 21.6. The van der Waals surface area contributed by atoms with Crippen molar-refractivity contribution in [2.75, 3.05) is 25.1 Å². The third-order valence-corrected chi connectivity index (χ3v) is 4.18. The number of ether oxygens (including phenoxy) is 1. The monoisotopic (exact) mass is 388 g/mol. The number of anilines is 1. The lowest BCUT2D eigenvalue weighted by Crippen LogP contribution is -2.27. The summed E-state index contributed by atoms with van der Waals surface area (Å²) in [6.45, 7) is 1.79. The SMILES string of the molecule is N#CNC(=NCCCCCCC(=O)NOCC1CCCO1)Nc1ccncc1. The number of aromatic nitrogens is 1. The minimum atomic E-state index is -0.0990. The molecule has 0 saturated carbocycles. The molecule has 1 aliphatic heterocycles. The van der Waals surface area contributed by atoms with Crippen LogP contribution < -0.4 is 16.1 Å². The number of guanidine groups is 1. The van der Waals surface area contributed by atoms with Gasteiger partial charge >= 0.3 is 0 Å². The molecule has 1 amide bonds. The second-order valence-electron chi connectivity index (χ2n) is 6.46. The van der Waals surface area contributed by atoms with Crippen molar-refractivity contribution in [2.24, 2.45) is 4.99 Å². The van der Waals surface area contributed by atoms with Crippen molar-refractivity contribution in [3.05, 3.63) is 24.5 Å². The van der Waals surface area contributed by atoms with Gasteiger partial charge in [-0.2, -0.15) is 5.26 Å². The fraction of sp³-hybridized carbons (Fsp3) is 0.579. The molecule has 1 fully saturated rings. The highest BCUT2D eigenvalue weighted by atomic mass is 16.7. The Balaban J connectivity index is 1.50. The number of amides is 1. The number of rotatable bonds is 11. The number of hydrogen-bond acceptors (Lipinski definition) is 6. The Morgan fingerprint density at radius 3 is 2.89 bits per heavy atom. The summed E-state index contributed by atoms with van der Waals surface area (Å²) in [5.41, 5.74) is 3.28. The largest absolute Gasteiger partial charge is 0.376 e. The van der Waals surface area contributed by atoms with Crippen LogP contribution >= 0.6 is 0 Å². The summed E-state index contributed by atoms with van der Waals surface area (Å²) in [6, 6.07) is 3.59. The number of carbonyl (C=O) groups excluding carboxylic acids is 1. The molecule has 9 heteroatoms. The van der Waals surface area contributed by atoms with E-state index in [0.717, 1.165) is 50.8 Å². The minimum absolute atomic E-state index is 0.0990. The Labute approximate surface area is 165 Å². The number of nitrogens with zero attached hydrogens (tertiary/aromatic N) is 3. The van der Waals surface area contributed by atoms with E-state index in [1.807, 2.05) is 6.19 Å². The summed E-state index contributed by atoms with van der Waals surface area (Å²) in [7, 11) is 0. The van der Waals surface area contributed by atoms with Crippen LogP contribution in [0, 0.1) is 11.5 Å². The molecule has 1 aromatic rings. The second kappa shape index (κ2) is 13.5. The molecule has 152 valence electrons. The number of unbranched alkanes of at least 4 members (excludes halogenated alkanes) is 3. The average Bonchev–Trinajstić information content (AvgIpc) is 3.21. The molecular weight excluding hydrogens is 360 g/mol. The quantitative estimate of drug-likeness (QED) is 0.133. The average molecular weight is 388 g/mol. The molecule has 1 aromatic heterocycles. The summed E-state index contributed by atoms with van der Waals surface area (Å²) < 4.78 is 5.42. The van der Waals surface area contributed by atoms with Crippen LogP contribution in [0.1, 0.15) is 44.9 Å². The maximum Gasteiger partial charge on any atom is 0.243 e. The molecule has 2 heterocycles. The van der Waals surface area contributed by atoms with Crippen molar-refractivity contribution in [1.82, 2.24) is 15.8 Å². The number of nitrogens with one attached hydrogen (secondary N) is 3. The third kappa shape index (κ3) is 9.30. The lowest BCUT2D eigenvalue weighted by molar-refractivity contribution is -0.136. The van der Waals surface area contributed by atoms with Gasteiger partial charge in [0.1, 0.15) is 6.61 Å². The smallest absolute Gasteiger partial charge is 0.243 e. The van der Waals surface area contributed by atoms with Crippen LogP contribution in [0.4, 0.5) is 5.69 Å². The Bertz CT molecular complexity index is 641. The van der Waals surface area contributed by atoms with Gasteiger partial charge in [0.2, 0.25) is 11.9 Å². The van der Waals surface area contributed by atoms with E-state index in [1.54, 1.807) is 24.5 Å². The van der Waals surface area contributed by atoms with Gasteiger partial charge in [-0.25, -0.2) is 5.48 Å². The van der Waals surface area contributed by atoms with E-state index in [4.69, 9.17) is 14.8 Å². The minimum Gasteiger partial charge on any atom is -0.376 e. The predicted octanol–water partition coefficient (Wildman–Crippen LogP) is 2.10. The van der Waals surface area contributed by atoms with Crippen LogP contribution in [0.15, 0.2) is 29.5 Å². The van der Waals surface area contributed by atoms with Gasteiger partial charge in [-0.15, -0.1) is 0 Å². The van der Waals surface area contributed by atoms with Gasteiger partial charge in [-0.3, -0.25) is 24.9 Å². The van der Waals surface area contributed by atoms with Gasteiger partial charge in [-0.05, 0) is 37.8 Å². The number of pyridine rings is 1. The van der Waals surface area contributed by atoms with Crippen LogP contribution in [0.2, 0.25) is 0 Å². The van der Waals surface area contributed by atoms with Gasteiger partial charge in [-0.1, -0.05) is 12.8 Å². The van der Waals surface area contributed by atoms with Gasteiger partial charge in [0, 0.05) is 37.7 Å². The number of nitriles is 1. The standard InChI is InChI=1S/C19H28N6O3/c20-15-23-19(24-16-8-11-21-12-9-16)22-10-4-2-1-3-7-18(26)25-28-14-17-6-5-13-27-17/h8-9,11-12,17H,1-7,10,13-14H2,(H,25,26)(H2,21,22,23,24). The fourth-order valence-electron chi connectivity index (χ4n) is 2.72. The zero-order valence-corrected chi connectivity index (χ0v) is 16.0. The lowest BCUT2D eigenvalue weighted by atomic mass is 10.1. The van der Waals surface area contributed by atoms with Crippen molar-refractivity contribution >= 4 is 17.6 Å². The number of carbonyl (C=O) groups is 1. The number of aliphatic imine (C=N–C) groups is 1. The molecular formula is C19H28N6O3. The van der Waals surface area contributed by atoms with Gasteiger partial charge in [0.25, 0.3) is 0 Å². The highest BCUT2D eigenvalue weighted by molar-refractivity contribution is 5.94. The van der Waals surface area contributed by atoms with Crippen molar-refractivity contribution in [3.8, 4) is 6.19 Å². The van der Waals surface area contributed by atoms with E-state index in [0.29, 0.717) is 25.5 Å². The van der Waals surface area contributed by atoms with Gasteiger partial charge in [0.15, 0.2) is 6.19 Å². The van der Waals surface area contributed by atoms with Crippen molar-refractivity contribution < 1.29 is 14.4 Å². The summed E-state index contributed by atoms with van der Waals surface area (Å²) in [5, 5.41) is 14.4. The fourth-order valence-corrected chi connectivity index (χ4v) is 2.72. The molecule has 0 radical (unpaired) electrons.